The van der Waals surface area contributed by atoms with Gasteiger partial charge in [-0.2, -0.15) is 0 Å². The molecule has 0 aromatic carbocycles. The fourth-order valence-electron chi connectivity index (χ4n) is 2.85. The van der Waals surface area contributed by atoms with Crippen molar-refractivity contribution in [2.45, 2.75) is 38.8 Å². The third kappa shape index (κ3) is 1.87. The van der Waals surface area contributed by atoms with Gasteiger partial charge in [0.25, 0.3) is 0 Å². The van der Waals surface area contributed by atoms with E-state index in [-0.39, 0.29) is 23.6 Å². The summed E-state index contributed by atoms with van der Waals surface area (Å²) in [6.45, 7) is 2.46. The lowest BCUT2D eigenvalue weighted by molar-refractivity contribution is -0.187. The van der Waals surface area contributed by atoms with Gasteiger partial charge >= 0.3 is 12.0 Å². The van der Waals surface area contributed by atoms with Crippen LogP contribution in [0.15, 0.2) is 0 Å². The van der Waals surface area contributed by atoms with Gasteiger partial charge in [0.2, 0.25) is 0 Å². The molecule has 1 heterocycles. The van der Waals surface area contributed by atoms with Crippen LogP contribution < -0.4 is 0 Å². The Kier molecular flexibility index (Phi) is 3.02. The van der Waals surface area contributed by atoms with Crippen LogP contribution in [-0.4, -0.2) is 48.7 Å². The van der Waals surface area contributed by atoms with Gasteiger partial charge in [-0.05, 0) is 12.8 Å². The van der Waals surface area contributed by atoms with E-state index in [1.807, 2.05) is 0 Å². The molecule has 1 saturated heterocycles. The summed E-state index contributed by atoms with van der Waals surface area (Å²) < 4.78 is 5.47. The zero-order chi connectivity index (χ0) is 12.6. The molecule has 2 rings (SSSR count). The molecular weight excluding hydrogens is 220 g/mol. The SMILES string of the molecule is CCC(=O)OC1N(C)C(=O)N(C)CC12CCC2. The number of esters is 1. The minimum atomic E-state index is -0.382. The number of rotatable bonds is 2. The maximum atomic E-state index is 11.9. The van der Waals surface area contributed by atoms with Crippen molar-refractivity contribution in [3.63, 3.8) is 0 Å². The van der Waals surface area contributed by atoms with Crippen molar-refractivity contribution in [3.05, 3.63) is 0 Å². The van der Waals surface area contributed by atoms with Gasteiger partial charge in [-0.3, -0.25) is 9.69 Å². The third-order valence-electron chi connectivity index (χ3n) is 3.94. The number of carbonyl (C=O) groups is 2. The molecule has 0 aromatic rings. The molecule has 17 heavy (non-hydrogen) atoms. The van der Waals surface area contributed by atoms with Crippen molar-refractivity contribution in [2.24, 2.45) is 5.41 Å². The van der Waals surface area contributed by atoms with Gasteiger partial charge in [0.05, 0.1) is 0 Å². The molecule has 2 amide bonds. The van der Waals surface area contributed by atoms with Crippen LogP contribution in [-0.2, 0) is 9.53 Å². The minimum absolute atomic E-state index is 0.0394. The fourth-order valence-corrected chi connectivity index (χ4v) is 2.85. The van der Waals surface area contributed by atoms with Crippen LogP contribution in [0.3, 0.4) is 0 Å². The summed E-state index contributed by atoms with van der Waals surface area (Å²) in [5.41, 5.74) is -0.0394. The highest BCUT2D eigenvalue weighted by Gasteiger charge is 2.54. The summed E-state index contributed by atoms with van der Waals surface area (Å²) in [7, 11) is 3.52. The van der Waals surface area contributed by atoms with Crippen molar-refractivity contribution in [3.8, 4) is 0 Å². The second kappa shape index (κ2) is 4.20. The zero-order valence-electron chi connectivity index (χ0n) is 10.7. The molecule has 1 atom stereocenters. The van der Waals surface area contributed by atoms with E-state index in [9.17, 15) is 9.59 Å². The van der Waals surface area contributed by atoms with Gasteiger partial charge in [0.1, 0.15) is 0 Å². The van der Waals surface area contributed by atoms with E-state index in [1.54, 1.807) is 30.8 Å². The summed E-state index contributed by atoms with van der Waals surface area (Å²) >= 11 is 0. The highest BCUT2D eigenvalue weighted by molar-refractivity contribution is 5.76. The average molecular weight is 240 g/mol. The van der Waals surface area contributed by atoms with Crippen LogP contribution in [0, 0.1) is 5.41 Å². The van der Waals surface area contributed by atoms with Gasteiger partial charge in [-0.25, -0.2) is 4.79 Å². The second-order valence-corrected chi connectivity index (χ2v) is 5.16. The van der Waals surface area contributed by atoms with Gasteiger partial charge in [0.15, 0.2) is 6.23 Å². The molecule has 0 radical (unpaired) electrons. The fraction of sp³-hybridized carbons (Fsp3) is 0.833. The lowest BCUT2D eigenvalue weighted by atomic mass is 9.66. The topological polar surface area (TPSA) is 49.9 Å². The highest BCUT2D eigenvalue weighted by atomic mass is 16.6. The number of nitrogens with zero attached hydrogens (tertiary/aromatic N) is 2. The van der Waals surface area contributed by atoms with Crippen molar-refractivity contribution in [1.82, 2.24) is 9.80 Å². The van der Waals surface area contributed by atoms with E-state index in [1.165, 1.54) is 0 Å². The quantitative estimate of drug-likeness (QED) is 0.686. The largest absolute Gasteiger partial charge is 0.441 e. The number of hydrogen-bond donors (Lipinski definition) is 0. The Morgan fingerprint density at radius 1 is 1.47 bits per heavy atom. The first kappa shape index (κ1) is 12.2. The Bertz CT molecular complexity index is 339. The second-order valence-electron chi connectivity index (χ2n) is 5.16. The van der Waals surface area contributed by atoms with Crippen LogP contribution in [0.4, 0.5) is 4.79 Å². The molecule has 1 unspecified atom stereocenters. The van der Waals surface area contributed by atoms with Gasteiger partial charge in [-0.15, -0.1) is 0 Å². The molecule has 1 aliphatic heterocycles. The maximum absolute atomic E-state index is 11.9. The highest BCUT2D eigenvalue weighted by Crippen LogP contribution is 2.48. The smallest absolute Gasteiger partial charge is 0.322 e. The molecule has 0 aromatic heterocycles. The molecule has 2 fully saturated rings. The first-order chi connectivity index (χ1) is 8.00. The molecule has 2 aliphatic rings. The maximum Gasteiger partial charge on any atom is 0.322 e. The van der Waals surface area contributed by atoms with E-state index < -0.39 is 0 Å². The molecule has 0 N–H and O–H groups in total. The number of urea groups is 1. The monoisotopic (exact) mass is 240 g/mol. The minimum Gasteiger partial charge on any atom is -0.441 e. The van der Waals surface area contributed by atoms with E-state index >= 15 is 0 Å². The lowest BCUT2D eigenvalue weighted by Crippen LogP contribution is -2.65. The third-order valence-corrected chi connectivity index (χ3v) is 3.94. The molecule has 1 spiro atoms. The van der Waals surface area contributed by atoms with Crippen LogP contribution in [0.2, 0.25) is 0 Å². The van der Waals surface area contributed by atoms with E-state index in [0.717, 1.165) is 19.3 Å². The number of amides is 2. The molecule has 0 bridgehead atoms. The van der Waals surface area contributed by atoms with Crippen LogP contribution in [0.25, 0.3) is 0 Å². The predicted octanol–water partition coefficient (Wildman–Crippen LogP) is 1.43. The van der Waals surface area contributed by atoms with Crippen molar-refractivity contribution in [2.75, 3.05) is 20.6 Å². The van der Waals surface area contributed by atoms with Crippen LogP contribution in [0.5, 0.6) is 0 Å². The Balaban J connectivity index is 2.18. The van der Waals surface area contributed by atoms with Gasteiger partial charge in [-0.1, -0.05) is 13.3 Å². The summed E-state index contributed by atoms with van der Waals surface area (Å²) in [5, 5.41) is 0. The Morgan fingerprint density at radius 3 is 2.59 bits per heavy atom. The van der Waals surface area contributed by atoms with E-state index in [2.05, 4.69) is 0 Å². The number of carbonyl (C=O) groups excluding carboxylic acids is 2. The molecule has 5 nitrogen and oxygen atoms in total. The average Bonchev–Trinajstić information content (AvgIpc) is 2.27. The zero-order valence-corrected chi connectivity index (χ0v) is 10.7. The Morgan fingerprint density at radius 2 is 2.12 bits per heavy atom. The van der Waals surface area contributed by atoms with Gasteiger partial charge in [0, 0.05) is 32.5 Å². The molecule has 1 aliphatic carbocycles. The standard InChI is InChI=1S/C12H20N2O3/c1-4-9(15)17-10-12(6-5-7-12)8-13(2)11(16)14(10)3/h10H,4-8H2,1-3H3. The number of hydrogen-bond acceptors (Lipinski definition) is 3. The molecule has 5 heteroatoms. The number of ether oxygens (including phenoxy) is 1. The molecule has 1 saturated carbocycles. The predicted molar refractivity (Wildman–Crippen MR) is 62.2 cm³/mol. The van der Waals surface area contributed by atoms with Crippen LogP contribution >= 0.6 is 0 Å². The van der Waals surface area contributed by atoms with Gasteiger partial charge < -0.3 is 9.64 Å². The summed E-state index contributed by atoms with van der Waals surface area (Å²) in [6, 6.07) is -0.0728. The Labute approximate surface area is 102 Å². The van der Waals surface area contributed by atoms with Crippen molar-refractivity contribution >= 4 is 12.0 Å². The summed E-state index contributed by atoms with van der Waals surface area (Å²) in [4.78, 5) is 26.6. The molecular formula is C12H20N2O3. The summed E-state index contributed by atoms with van der Waals surface area (Å²) in [5.74, 6) is -0.231. The van der Waals surface area contributed by atoms with E-state index in [4.69, 9.17) is 4.74 Å². The lowest BCUT2D eigenvalue weighted by Gasteiger charge is -2.55. The molecule has 96 valence electrons. The first-order valence-corrected chi connectivity index (χ1v) is 6.17. The summed E-state index contributed by atoms with van der Waals surface area (Å²) in [6.07, 6.45) is 3.17. The van der Waals surface area contributed by atoms with E-state index in [0.29, 0.717) is 13.0 Å². The normalized spacial score (nSPS) is 27.0. The van der Waals surface area contributed by atoms with Crippen molar-refractivity contribution in [1.29, 1.82) is 0 Å². The van der Waals surface area contributed by atoms with Crippen LogP contribution in [0.1, 0.15) is 32.6 Å². The Hall–Kier alpha value is -1.26. The first-order valence-electron chi connectivity index (χ1n) is 6.17. The van der Waals surface area contributed by atoms with Crippen molar-refractivity contribution < 1.29 is 14.3 Å².